The van der Waals surface area contributed by atoms with Crippen molar-refractivity contribution in [3.8, 4) is 0 Å². The summed E-state index contributed by atoms with van der Waals surface area (Å²) in [6, 6.07) is 4.53. The summed E-state index contributed by atoms with van der Waals surface area (Å²) in [6.45, 7) is 1.01. The van der Waals surface area contributed by atoms with Gasteiger partial charge in [-0.25, -0.2) is 13.2 Å². The van der Waals surface area contributed by atoms with Gasteiger partial charge in [-0.15, -0.1) is 11.3 Å². The van der Waals surface area contributed by atoms with E-state index in [1.54, 1.807) is 19.2 Å². The number of nitrogens with one attached hydrogen (secondary N) is 1. The van der Waals surface area contributed by atoms with Crippen LogP contribution in [0.4, 0.5) is 5.00 Å². The molecular weight excluding hydrogens is 378 g/mol. The van der Waals surface area contributed by atoms with Gasteiger partial charge in [0.1, 0.15) is 15.5 Å². The zero-order chi connectivity index (χ0) is 18.9. The van der Waals surface area contributed by atoms with Crippen molar-refractivity contribution in [1.29, 1.82) is 0 Å². The van der Waals surface area contributed by atoms with Gasteiger partial charge in [-0.1, -0.05) is 0 Å². The summed E-state index contributed by atoms with van der Waals surface area (Å²) < 4.78 is 32.8. The van der Waals surface area contributed by atoms with E-state index < -0.39 is 21.9 Å². The number of carbonyl (C=O) groups is 2. The summed E-state index contributed by atoms with van der Waals surface area (Å²) in [5.74, 6) is -0.929. The van der Waals surface area contributed by atoms with Gasteiger partial charge >= 0.3 is 5.97 Å². The van der Waals surface area contributed by atoms with Crippen molar-refractivity contribution in [1.82, 2.24) is 8.87 Å². The smallest absolute Gasteiger partial charge is 0.348 e. The molecule has 0 atom stereocenters. The fourth-order valence-corrected chi connectivity index (χ4v) is 5.18. The number of aromatic nitrogens is 1. The summed E-state index contributed by atoms with van der Waals surface area (Å²) in [4.78, 5) is 24.4. The normalized spacial score (nSPS) is 15.2. The number of esters is 1. The molecule has 3 rings (SSSR count). The number of thiophene rings is 1. The highest BCUT2D eigenvalue weighted by Crippen LogP contribution is 2.25. The molecule has 0 bridgehead atoms. The Kier molecular flexibility index (Phi) is 5.17. The first kappa shape index (κ1) is 18.6. The molecule has 0 spiro atoms. The van der Waals surface area contributed by atoms with Crippen molar-refractivity contribution >= 4 is 38.2 Å². The Bertz CT molecular complexity index is 939. The molecule has 1 fully saturated rings. The zero-order valence-electron chi connectivity index (χ0n) is 14.4. The third-order valence-electron chi connectivity index (χ3n) is 4.14. The molecule has 0 radical (unpaired) electrons. The highest BCUT2D eigenvalue weighted by Gasteiger charge is 2.29. The van der Waals surface area contributed by atoms with Crippen LogP contribution in [0.15, 0.2) is 29.3 Å². The topological polar surface area (TPSA) is 97.7 Å². The number of amides is 1. The van der Waals surface area contributed by atoms with E-state index in [-0.39, 0.29) is 10.6 Å². The second-order valence-corrected chi connectivity index (χ2v) is 8.91. The van der Waals surface area contributed by atoms with Crippen molar-refractivity contribution in [3.63, 3.8) is 0 Å². The Labute approximate surface area is 155 Å². The Morgan fingerprint density at radius 2 is 1.92 bits per heavy atom. The van der Waals surface area contributed by atoms with E-state index >= 15 is 0 Å². The molecule has 2 aromatic heterocycles. The quantitative estimate of drug-likeness (QED) is 0.777. The third kappa shape index (κ3) is 3.53. The Balaban J connectivity index is 1.79. The lowest BCUT2D eigenvalue weighted by atomic mass is 10.4. The van der Waals surface area contributed by atoms with E-state index in [1.165, 1.54) is 28.2 Å². The fraction of sp³-hybridized carbons (Fsp3) is 0.375. The number of carbonyl (C=O) groups excluding carboxylic acids is 2. The minimum absolute atomic E-state index is 0.105. The van der Waals surface area contributed by atoms with Crippen LogP contribution in [0.1, 0.15) is 33.0 Å². The number of rotatable bonds is 5. The summed E-state index contributed by atoms with van der Waals surface area (Å²) in [6.07, 6.45) is 3.14. The lowest BCUT2D eigenvalue weighted by Crippen LogP contribution is -2.27. The van der Waals surface area contributed by atoms with Crippen LogP contribution in [-0.2, 0) is 21.8 Å². The molecule has 10 heteroatoms. The van der Waals surface area contributed by atoms with Gasteiger partial charge in [0.05, 0.1) is 12.1 Å². The van der Waals surface area contributed by atoms with E-state index in [0.29, 0.717) is 23.0 Å². The van der Waals surface area contributed by atoms with E-state index in [2.05, 4.69) is 10.1 Å². The first-order chi connectivity index (χ1) is 12.3. The van der Waals surface area contributed by atoms with Gasteiger partial charge < -0.3 is 14.6 Å². The number of ether oxygens (including phenoxy) is 1. The van der Waals surface area contributed by atoms with E-state index in [0.717, 1.165) is 24.2 Å². The monoisotopic (exact) mass is 397 g/mol. The van der Waals surface area contributed by atoms with Crippen LogP contribution in [-0.4, -0.2) is 49.4 Å². The van der Waals surface area contributed by atoms with Crippen LogP contribution < -0.4 is 5.32 Å². The minimum Gasteiger partial charge on any atom is -0.465 e. The zero-order valence-corrected chi connectivity index (χ0v) is 16.0. The van der Waals surface area contributed by atoms with Gasteiger partial charge in [-0.2, -0.15) is 4.31 Å². The number of aryl methyl sites for hydroxylation is 1. The van der Waals surface area contributed by atoms with Crippen LogP contribution >= 0.6 is 11.3 Å². The number of methoxy groups -OCH3 is 1. The molecule has 0 aliphatic carbocycles. The van der Waals surface area contributed by atoms with Gasteiger partial charge in [0.2, 0.25) is 10.0 Å². The minimum atomic E-state index is -3.58. The molecule has 1 N–H and O–H groups in total. The average molecular weight is 397 g/mol. The van der Waals surface area contributed by atoms with Crippen molar-refractivity contribution < 1.29 is 22.7 Å². The van der Waals surface area contributed by atoms with Crippen LogP contribution in [0.3, 0.4) is 0 Å². The molecule has 0 saturated carbocycles. The molecular formula is C16H19N3O5S2. The second kappa shape index (κ2) is 7.22. The van der Waals surface area contributed by atoms with Crippen molar-refractivity contribution in [2.24, 2.45) is 7.05 Å². The molecule has 26 heavy (non-hydrogen) atoms. The molecule has 1 saturated heterocycles. The van der Waals surface area contributed by atoms with Gasteiger partial charge in [0.25, 0.3) is 5.91 Å². The maximum absolute atomic E-state index is 12.6. The van der Waals surface area contributed by atoms with Gasteiger partial charge in [0, 0.05) is 26.3 Å². The molecule has 2 aromatic rings. The molecule has 0 unspecified atom stereocenters. The van der Waals surface area contributed by atoms with Gasteiger partial charge in [0.15, 0.2) is 0 Å². The molecule has 0 aromatic carbocycles. The van der Waals surface area contributed by atoms with Crippen LogP contribution in [0.2, 0.25) is 0 Å². The number of anilines is 1. The van der Waals surface area contributed by atoms with E-state index in [9.17, 15) is 18.0 Å². The Morgan fingerprint density at radius 3 is 2.58 bits per heavy atom. The predicted molar refractivity (Wildman–Crippen MR) is 97.0 cm³/mol. The van der Waals surface area contributed by atoms with E-state index in [4.69, 9.17) is 0 Å². The number of sulfonamides is 1. The summed E-state index contributed by atoms with van der Waals surface area (Å²) >= 11 is 1.08. The van der Waals surface area contributed by atoms with Crippen LogP contribution in [0.5, 0.6) is 0 Å². The molecule has 1 aliphatic heterocycles. The second-order valence-electron chi connectivity index (χ2n) is 5.89. The maximum atomic E-state index is 12.6. The lowest BCUT2D eigenvalue weighted by Gasteiger charge is -2.13. The summed E-state index contributed by atoms with van der Waals surface area (Å²) in [5.41, 5.74) is 0.218. The summed E-state index contributed by atoms with van der Waals surface area (Å²) in [5, 5.41) is 3.15. The lowest BCUT2D eigenvalue weighted by molar-refractivity contribution is 0.0606. The molecule has 140 valence electrons. The van der Waals surface area contributed by atoms with E-state index in [1.807, 2.05) is 0 Å². The van der Waals surface area contributed by atoms with Gasteiger partial charge in [-0.3, -0.25) is 4.79 Å². The molecule has 3 heterocycles. The number of hydrogen-bond donors (Lipinski definition) is 1. The van der Waals surface area contributed by atoms with Crippen molar-refractivity contribution in [3.05, 3.63) is 35.0 Å². The Morgan fingerprint density at radius 1 is 1.23 bits per heavy atom. The largest absolute Gasteiger partial charge is 0.465 e. The van der Waals surface area contributed by atoms with Crippen LogP contribution in [0.25, 0.3) is 0 Å². The molecule has 1 amide bonds. The van der Waals surface area contributed by atoms with Gasteiger partial charge in [-0.05, 0) is 31.0 Å². The number of nitrogens with zero attached hydrogens (tertiary/aromatic N) is 2. The third-order valence-corrected chi connectivity index (χ3v) is 6.99. The average Bonchev–Trinajstić information content (AvgIpc) is 3.34. The van der Waals surface area contributed by atoms with Crippen molar-refractivity contribution in [2.75, 3.05) is 25.5 Å². The Hall–Kier alpha value is -2.17. The SMILES string of the molecule is COC(=O)c1ccc(NC(=O)c2cc(S(=O)(=O)N3CCCC3)cn2C)s1. The van der Waals surface area contributed by atoms with Crippen molar-refractivity contribution in [2.45, 2.75) is 17.7 Å². The molecule has 8 nitrogen and oxygen atoms in total. The summed E-state index contributed by atoms with van der Waals surface area (Å²) in [7, 11) is -0.682. The van der Waals surface area contributed by atoms with Crippen LogP contribution in [0, 0.1) is 0 Å². The predicted octanol–water partition coefficient (Wildman–Crippen LogP) is 1.91. The highest BCUT2D eigenvalue weighted by molar-refractivity contribution is 7.89. The first-order valence-electron chi connectivity index (χ1n) is 7.99. The first-order valence-corrected chi connectivity index (χ1v) is 10.2. The standard InChI is InChI=1S/C16H19N3O5S2/c1-18-10-11(26(22,23)19-7-3-4-8-19)9-12(18)15(20)17-14-6-5-13(25-14)16(21)24-2/h5-6,9-10H,3-4,7-8H2,1-2H3,(H,17,20). The molecule has 1 aliphatic rings. The highest BCUT2D eigenvalue weighted by atomic mass is 32.2. The number of hydrogen-bond acceptors (Lipinski definition) is 6. The maximum Gasteiger partial charge on any atom is 0.348 e. The fourth-order valence-electron chi connectivity index (χ4n) is 2.77.